The van der Waals surface area contributed by atoms with E-state index in [0.29, 0.717) is 28.1 Å². The van der Waals surface area contributed by atoms with Crippen molar-refractivity contribution in [1.29, 1.82) is 0 Å². The Morgan fingerprint density at radius 1 is 0.926 bits per heavy atom. The van der Waals surface area contributed by atoms with Crippen LogP contribution in [0.5, 0.6) is 5.75 Å². The van der Waals surface area contributed by atoms with Crippen LogP contribution >= 0.6 is 23.2 Å². The van der Waals surface area contributed by atoms with Gasteiger partial charge in [0.25, 0.3) is 0 Å². The fourth-order valence-corrected chi connectivity index (χ4v) is 3.46. The lowest BCUT2D eigenvalue weighted by atomic mass is 10.2. The van der Waals surface area contributed by atoms with Gasteiger partial charge in [-0.1, -0.05) is 53.5 Å². The smallest absolute Gasteiger partial charge is 0.142 e. The molecule has 3 nitrogen and oxygen atoms in total. The molecule has 0 aromatic heterocycles. The van der Waals surface area contributed by atoms with Gasteiger partial charge in [-0.25, -0.2) is 4.21 Å². The summed E-state index contributed by atoms with van der Waals surface area (Å²) in [4.78, 5) is 0. The van der Waals surface area contributed by atoms with Crippen LogP contribution in [-0.4, -0.2) is 4.21 Å². The Balaban J connectivity index is 1.59. The van der Waals surface area contributed by atoms with Gasteiger partial charge in [-0.3, -0.25) is 0 Å². The van der Waals surface area contributed by atoms with Crippen molar-refractivity contribution in [1.82, 2.24) is 0 Å². The Morgan fingerprint density at radius 3 is 2.44 bits per heavy atom. The number of hydrogen-bond donors (Lipinski definition) is 1. The molecule has 1 N–H and O–H groups in total. The van der Waals surface area contributed by atoms with E-state index in [1.54, 1.807) is 29.7 Å². The Morgan fingerprint density at radius 2 is 1.67 bits per heavy atom. The molecule has 0 saturated carbocycles. The summed E-state index contributed by atoms with van der Waals surface area (Å²) in [5.41, 5.74) is 2.57. The fraction of sp³-hybridized carbons (Fsp3) is 0.0476. The summed E-state index contributed by atoms with van der Waals surface area (Å²) in [5.74, 6) is 0.677. The molecule has 0 radical (unpaired) electrons. The summed E-state index contributed by atoms with van der Waals surface area (Å²) < 4.78 is 20.9. The number of benzene rings is 3. The van der Waals surface area contributed by atoms with Crippen LogP contribution in [0.2, 0.25) is 10.0 Å². The highest BCUT2D eigenvalue weighted by Gasteiger charge is 2.01. The fourth-order valence-electron chi connectivity index (χ4n) is 2.34. The van der Waals surface area contributed by atoms with Gasteiger partial charge in [0, 0.05) is 21.5 Å². The van der Waals surface area contributed by atoms with E-state index in [4.69, 9.17) is 27.9 Å². The second kappa shape index (κ2) is 9.60. The van der Waals surface area contributed by atoms with E-state index in [9.17, 15) is 4.21 Å². The molecule has 0 saturated heterocycles. The van der Waals surface area contributed by atoms with Crippen LogP contribution in [0.3, 0.4) is 0 Å². The molecular formula is C21H17Cl2NO2S. The molecule has 6 heteroatoms. The highest BCUT2D eigenvalue weighted by Crippen LogP contribution is 2.20. The molecule has 3 aromatic carbocycles. The third kappa shape index (κ3) is 6.43. The van der Waals surface area contributed by atoms with Crippen molar-refractivity contribution in [2.75, 3.05) is 4.72 Å². The SMILES string of the molecule is O=S(/C=C/c1cccc(Cl)c1)Nc1cccc(OCc2cccc(Cl)c2)c1. The molecule has 3 rings (SSSR count). The lowest BCUT2D eigenvalue weighted by Gasteiger charge is -2.09. The molecule has 138 valence electrons. The van der Waals surface area contributed by atoms with Crippen LogP contribution in [0, 0.1) is 0 Å². The Kier molecular flexibility index (Phi) is 6.93. The number of hydrogen-bond acceptors (Lipinski definition) is 2. The van der Waals surface area contributed by atoms with Gasteiger partial charge in [-0.15, -0.1) is 0 Å². The van der Waals surface area contributed by atoms with Gasteiger partial charge < -0.3 is 9.46 Å². The van der Waals surface area contributed by atoms with Gasteiger partial charge in [0.05, 0.1) is 5.69 Å². The summed E-state index contributed by atoms with van der Waals surface area (Å²) in [6.07, 6.45) is 1.76. The lowest BCUT2D eigenvalue weighted by Crippen LogP contribution is -2.01. The second-order valence-electron chi connectivity index (χ2n) is 5.70. The van der Waals surface area contributed by atoms with Crippen molar-refractivity contribution in [3.63, 3.8) is 0 Å². The molecule has 3 aromatic rings. The van der Waals surface area contributed by atoms with Gasteiger partial charge in [0.1, 0.15) is 23.3 Å². The monoisotopic (exact) mass is 417 g/mol. The van der Waals surface area contributed by atoms with Gasteiger partial charge in [-0.2, -0.15) is 0 Å². The van der Waals surface area contributed by atoms with Crippen molar-refractivity contribution < 1.29 is 8.95 Å². The molecule has 0 fully saturated rings. The Bertz CT molecular complexity index is 976. The van der Waals surface area contributed by atoms with E-state index in [-0.39, 0.29) is 0 Å². The van der Waals surface area contributed by atoms with Crippen LogP contribution in [0.1, 0.15) is 11.1 Å². The molecule has 0 heterocycles. The predicted molar refractivity (Wildman–Crippen MR) is 114 cm³/mol. The van der Waals surface area contributed by atoms with Crippen LogP contribution in [0.25, 0.3) is 6.08 Å². The summed E-state index contributed by atoms with van der Waals surface area (Å²) >= 11 is 11.9. The molecule has 1 unspecified atom stereocenters. The largest absolute Gasteiger partial charge is 0.489 e. The number of ether oxygens (including phenoxy) is 1. The minimum Gasteiger partial charge on any atom is -0.489 e. The Hall–Kier alpha value is -2.27. The molecule has 27 heavy (non-hydrogen) atoms. The second-order valence-corrected chi connectivity index (χ2v) is 7.65. The first kappa shape index (κ1) is 19.5. The number of halogens is 2. The quantitative estimate of drug-likeness (QED) is 0.488. The van der Waals surface area contributed by atoms with Crippen molar-refractivity contribution >= 4 is 46.0 Å². The normalized spacial score (nSPS) is 12.1. The van der Waals surface area contributed by atoms with E-state index in [0.717, 1.165) is 11.1 Å². The minimum absolute atomic E-state index is 0.405. The summed E-state index contributed by atoms with van der Waals surface area (Å²) in [6, 6.07) is 22.2. The van der Waals surface area contributed by atoms with Gasteiger partial charge >= 0.3 is 0 Å². The average Bonchev–Trinajstić information content (AvgIpc) is 2.65. The number of rotatable bonds is 7. The highest BCUT2D eigenvalue weighted by atomic mass is 35.5. The Labute approximate surface area is 171 Å². The van der Waals surface area contributed by atoms with Crippen molar-refractivity contribution in [2.24, 2.45) is 0 Å². The third-order valence-corrected chi connectivity index (χ3v) is 4.87. The van der Waals surface area contributed by atoms with Gasteiger partial charge in [0.2, 0.25) is 0 Å². The van der Waals surface area contributed by atoms with Crippen LogP contribution in [-0.2, 0) is 17.6 Å². The number of anilines is 1. The zero-order valence-electron chi connectivity index (χ0n) is 14.3. The van der Waals surface area contributed by atoms with Crippen molar-refractivity contribution in [3.8, 4) is 5.75 Å². The van der Waals surface area contributed by atoms with Crippen LogP contribution in [0.4, 0.5) is 5.69 Å². The van der Waals surface area contributed by atoms with E-state index in [2.05, 4.69) is 4.72 Å². The molecule has 1 atom stereocenters. The molecule has 0 aliphatic carbocycles. The lowest BCUT2D eigenvalue weighted by molar-refractivity contribution is 0.306. The van der Waals surface area contributed by atoms with E-state index in [1.807, 2.05) is 54.6 Å². The number of nitrogens with one attached hydrogen (secondary N) is 1. The predicted octanol–water partition coefficient (Wildman–Crippen LogP) is 6.32. The first-order valence-corrected chi connectivity index (χ1v) is 10.1. The zero-order chi connectivity index (χ0) is 19.1. The molecule has 0 aliphatic rings. The summed E-state index contributed by atoms with van der Waals surface area (Å²) in [6.45, 7) is 0.405. The van der Waals surface area contributed by atoms with Crippen LogP contribution in [0.15, 0.2) is 78.2 Å². The maximum absolute atomic E-state index is 12.2. The topological polar surface area (TPSA) is 38.3 Å². The van der Waals surface area contributed by atoms with E-state index < -0.39 is 11.0 Å². The average molecular weight is 418 g/mol. The van der Waals surface area contributed by atoms with E-state index in [1.165, 1.54) is 0 Å². The zero-order valence-corrected chi connectivity index (χ0v) is 16.6. The minimum atomic E-state index is -1.38. The molecule has 0 spiro atoms. The molecular weight excluding hydrogens is 401 g/mol. The van der Waals surface area contributed by atoms with Gasteiger partial charge in [0.15, 0.2) is 0 Å². The third-order valence-electron chi connectivity index (χ3n) is 3.58. The first-order chi connectivity index (χ1) is 13.1. The summed E-state index contributed by atoms with van der Waals surface area (Å²) in [7, 11) is -1.38. The summed E-state index contributed by atoms with van der Waals surface area (Å²) in [5, 5.41) is 2.89. The first-order valence-electron chi connectivity index (χ1n) is 8.17. The molecule has 0 bridgehead atoms. The highest BCUT2D eigenvalue weighted by molar-refractivity contribution is 7.89. The van der Waals surface area contributed by atoms with Gasteiger partial charge in [-0.05, 0) is 53.6 Å². The molecule has 0 amide bonds. The van der Waals surface area contributed by atoms with Crippen molar-refractivity contribution in [2.45, 2.75) is 6.61 Å². The maximum Gasteiger partial charge on any atom is 0.142 e. The maximum atomic E-state index is 12.2. The van der Waals surface area contributed by atoms with E-state index >= 15 is 0 Å². The standard InChI is InChI=1S/C21H17Cl2NO2S/c22-18-6-1-4-16(12-18)10-11-27(25)24-20-8-3-9-21(14-20)26-15-17-5-2-7-19(23)13-17/h1-14,24H,15H2/b11-10+. The van der Waals surface area contributed by atoms with Crippen LogP contribution < -0.4 is 9.46 Å². The molecule has 0 aliphatic heterocycles. The van der Waals surface area contributed by atoms with Crippen molar-refractivity contribution in [3.05, 3.63) is 99.4 Å².